The summed E-state index contributed by atoms with van der Waals surface area (Å²) < 4.78 is 40.6. The van der Waals surface area contributed by atoms with Crippen molar-refractivity contribution in [1.29, 1.82) is 0 Å². The van der Waals surface area contributed by atoms with Crippen LogP contribution in [0.1, 0.15) is 160 Å². The van der Waals surface area contributed by atoms with E-state index in [-0.39, 0.29) is 42.9 Å². The van der Waals surface area contributed by atoms with Crippen molar-refractivity contribution < 1.29 is 53.6 Å². The summed E-state index contributed by atoms with van der Waals surface area (Å²) in [5.41, 5.74) is 4.28. The van der Waals surface area contributed by atoms with Crippen molar-refractivity contribution in [1.82, 2.24) is 0 Å². The molecule has 11 nitrogen and oxygen atoms in total. The molecule has 11 heteroatoms. The zero-order valence-electron chi connectivity index (χ0n) is 44.2. The van der Waals surface area contributed by atoms with Crippen molar-refractivity contribution in [3.8, 4) is 23.0 Å². The summed E-state index contributed by atoms with van der Waals surface area (Å²) >= 11 is 0. The summed E-state index contributed by atoms with van der Waals surface area (Å²) in [7, 11) is 0. The Balaban J connectivity index is 0.000000239. The second-order valence-corrected chi connectivity index (χ2v) is 21.4. The number of benzene rings is 4. The molecule has 0 saturated heterocycles. The SMILES string of the molecule is CC(C)(c1ccc(OCC(O)COC2CCCCC2)cc1)c1ccc(OCC(O)COC2CCCCC2)cc1.CCC(O)COc1ccc(C(C)(C)c2ccc(OCC(O)COC3CCCCC3)cc2)cc1. The minimum atomic E-state index is -0.630. The van der Waals surface area contributed by atoms with Crippen LogP contribution in [0.3, 0.4) is 0 Å². The van der Waals surface area contributed by atoms with E-state index in [0.29, 0.717) is 39.0 Å². The molecule has 7 rings (SSSR count). The van der Waals surface area contributed by atoms with Gasteiger partial charge in [0.05, 0.1) is 44.2 Å². The van der Waals surface area contributed by atoms with Gasteiger partial charge >= 0.3 is 0 Å². The van der Waals surface area contributed by atoms with Gasteiger partial charge in [-0.3, -0.25) is 0 Å². The highest BCUT2D eigenvalue weighted by Crippen LogP contribution is 2.35. The third-order valence-electron chi connectivity index (χ3n) is 14.8. The molecule has 4 unspecified atom stereocenters. The van der Waals surface area contributed by atoms with E-state index in [1.54, 1.807) is 0 Å². The first-order chi connectivity index (χ1) is 34.8. The van der Waals surface area contributed by atoms with E-state index in [1.807, 2.05) is 55.5 Å². The quantitative estimate of drug-likeness (QED) is 0.0477. The fraction of sp³-hybridized carbons (Fsp3) is 0.607. The lowest BCUT2D eigenvalue weighted by Gasteiger charge is -2.27. The molecule has 398 valence electrons. The molecule has 0 spiro atoms. The predicted octanol–water partition coefficient (Wildman–Crippen LogP) is 11.4. The van der Waals surface area contributed by atoms with E-state index >= 15 is 0 Å². The van der Waals surface area contributed by atoms with E-state index in [1.165, 1.54) is 80.0 Å². The predicted molar refractivity (Wildman–Crippen MR) is 285 cm³/mol. The van der Waals surface area contributed by atoms with E-state index in [2.05, 4.69) is 76.2 Å². The van der Waals surface area contributed by atoms with Crippen LogP contribution in [0.2, 0.25) is 0 Å². The number of rotatable bonds is 26. The molecule has 4 N–H and O–H groups in total. The van der Waals surface area contributed by atoms with E-state index in [0.717, 1.165) is 61.5 Å². The molecule has 3 fully saturated rings. The number of hydrogen-bond donors (Lipinski definition) is 4. The Morgan fingerprint density at radius 1 is 0.347 bits per heavy atom. The molecule has 3 aliphatic carbocycles. The van der Waals surface area contributed by atoms with Gasteiger partial charge in [0.2, 0.25) is 0 Å². The zero-order chi connectivity index (χ0) is 51.2. The van der Waals surface area contributed by atoms with Gasteiger partial charge in [-0.1, -0.05) is 141 Å². The van der Waals surface area contributed by atoms with Crippen molar-refractivity contribution in [3.05, 3.63) is 119 Å². The molecule has 0 bridgehead atoms. The summed E-state index contributed by atoms with van der Waals surface area (Å²) in [4.78, 5) is 0. The first kappa shape index (κ1) is 57.1. The van der Waals surface area contributed by atoms with Crippen LogP contribution in [0, 0.1) is 0 Å². The highest BCUT2D eigenvalue weighted by atomic mass is 16.5. The molecule has 0 amide bonds. The Morgan fingerprint density at radius 3 is 0.792 bits per heavy atom. The van der Waals surface area contributed by atoms with Crippen molar-refractivity contribution in [2.24, 2.45) is 0 Å². The van der Waals surface area contributed by atoms with Gasteiger partial charge in [-0.05, 0) is 116 Å². The average molecular weight is 997 g/mol. The second-order valence-electron chi connectivity index (χ2n) is 21.4. The van der Waals surface area contributed by atoms with Gasteiger partial charge in [-0.15, -0.1) is 0 Å². The highest BCUT2D eigenvalue weighted by molar-refractivity contribution is 5.43. The number of hydrogen-bond acceptors (Lipinski definition) is 11. The second kappa shape index (κ2) is 29.6. The van der Waals surface area contributed by atoms with Crippen LogP contribution < -0.4 is 18.9 Å². The maximum absolute atomic E-state index is 10.3. The lowest BCUT2D eigenvalue weighted by Crippen LogP contribution is -2.28. The zero-order valence-corrected chi connectivity index (χ0v) is 44.2. The van der Waals surface area contributed by atoms with Crippen LogP contribution in [0.4, 0.5) is 0 Å². The van der Waals surface area contributed by atoms with Gasteiger partial charge in [0.15, 0.2) is 0 Å². The smallest absolute Gasteiger partial charge is 0.119 e. The summed E-state index contributed by atoms with van der Waals surface area (Å²) in [5, 5.41) is 40.4. The minimum Gasteiger partial charge on any atom is -0.491 e. The molecule has 0 aliphatic heterocycles. The lowest BCUT2D eigenvalue weighted by molar-refractivity contribution is -0.0363. The lowest BCUT2D eigenvalue weighted by atomic mass is 9.78. The molecular formula is C61H88O11. The topological polar surface area (TPSA) is 146 Å². The molecule has 3 aliphatic rings. The third kappa shape index (κ3) is 18.9. The molecule has 4 atom stereocenters. The van der Waals surface area contributed by atoms with Gasteiger partial charge in [-0.25, -0.2) is 0 Å². The first-order valence-electron chi connectivity index (χ1n) is 27.3. The largest absolute Gasteiger partial charge is 0.491 e. The van der Waals surface area contributed by atoms with Crippen LogP contribution in [-0.2, 0) is 25.0 Å². The molecular weight excluding hydrogens is 909 g/mol. The number of aliphatic hydroxyl groups is 4. The highest BCUT2D eigenvalue weighted by Gasteiger charge is 2.26. The maximum atomic E-state index is 10.3. The molecule has 3 saturated carbocycles. The van der Waals surface area contributed by atoms with Gasteiger partial charge in [0.1, 0.15) is 67.7 Å². The maximum Gasteiger partial charge on any atom is 0.119 e. The summed E-state index contributed by atoms with van der Waals surface area (Å²) in [5.74, 6) is 2.98. The number of aliphatic hydroxyl groups excluding tert-OH is 4. The molecule has 0 heterocycles. The van der Waals surface area contributed by atoms with E-state index in [4.69, 9.17) is 33.2 Å². The molecule has 72 heavy (non-hydrogen) atoms. The Morgan fingerprint density at radius 2 is 0.569 bits per heavy atom. The molecule has 4 aromatic carbocycles. The van der Waals surface area contributed by atoms with Crippen LogP contribution in [0.25, 0.3) is 0 Å². The van der Waals surface area contributed by atoms with Crippen LogP contribution in [0.15, 0.2) is 97.1 Å². The summed E-state index contributed by atoms with van der Waals surface area (Å²) in [6.45, 7) is 12.6. The molecule has 0 aromatic heterocycles. The molecule has 0 radical (unpaired) electrons. The number of ether oxygens (including phenoxy) is 7. The van der Waals surface area contributed by atoms with Crippen molar-refractivity contribution in [3.63, 3.8) is 0 Å². The average Bonchev–Trinajstić information content (AvgIpc) is 3.42. The van der Waals surface area contributed by atoms with Crippen LogP contribution in [-0.4, -0.2) is 109 Å². The van der Waals surface area contributed by atoms with Gasteiger partial charge < -0.3 is 53.6 Å². The minimum absolute atomic E-state index is 0.187. The van der Waals surface area contributed by atoms with Gasteiger partial charge in [0.25, 0.3) is 0 Å². The monoisotopic (exact) mass is 997 g/mol. The Hall–Kier alpha value is -4.20. The fourth-order valence-corrected chi connectivity index (χ4v) is 9.67. The van der Waals surface area contributed by atoms with Crippen molar-refractivity contribution in [2.75, 3.05) is 46.2 Å². The van der Waals surface area contributed by atoms with E-state index < -0.39 is 24.4 Å². The Labute approximate surface area is 431 Å². The summed E-state index contributed by atoms with van der Waals surface area (Å²) in [6.07, 6.45) is 17.0. The first-order valence-corrected chi connectivity index (χ1v) is 27.3. The normalized spacial score (nSPS) is 18.0. The summed E-state index contributed by atoms with van der Waals surface area (Å²) in [6, 6.07) is 32.2. The standard InChI is InChI=1S/C33H48O6.C28H40O5/c1-33(2,25-13-17-31(18-14-25)38-23-27(34)21-36-29-9-5-3-6-10-29)26-15-19-32(20-16-26)39-24-28(35)22-37-30-11-7-4-8-12-30;1-4-23(29)18-31-26-14-10-21(11-15-26)28(2,3)22-12-16-27(17-13-22)33-20-24(30)19-32-25-8-6-5-7-9-25/h13-20,27-30,34-35H,3-12,21-24H2,1-2H3;10-17,23-25,29-30H,4-9,18-20H2,1-3H3. The third-order valence-corrected chi connectivity index (χ3v) is 14.8. The fourth-order valence-electron chi connectivity index (χ4n) is 9.67. The molecule has 4 aromatic rings. The van der Waals surface area contributed by atoms with Crippen LogP contribution in [0.5, 0.6) is 23.0 Å². The van der Waals surface area contributed by atoms with Crippen molar-refractivity contribution >= 4 is 0 Å². The van der Waals surface area contributed by atoms with Crippen LogP contribution >= 0.6 is 0 Å². The Bertz CT molecular complexity index is 1980. The van der Waals surface area contributed by atoms with Gasteiger partial charge in [-0.2, -0.15) is 0 Å². The van der Waals surface area contributed by atoms with Gasteiger partial charge in [0, 0.05) is 10.8 Å². The van der Waals surface area contributed by atoms with Crippen molar-refractivity contribution in [2.45, 2.75) is 191 Å². The van der Waals surface area contributed by atoms with E-state index in [9.17, 15) is 20.4 Å². The Kier molecular flexibility index (Phi) is 23.5.